The van der Waals surface area contributed by atoms with Crippen molar-refractivity contribution in [2.45, 2.75) is 51.0 Å². The van der Waals surface area contributed by atoms with Crippen molar-refractivity contribution in [3.8, 4) is 5.88 Å². The van der Waals surface area contributed by atoms with Crippen molar-refractivity contribution in [1.29, 1.82) is 0 Å². The molecule has 2 fully saturated rings. The van der Waals surface area contributed by atoms with Crippen LogP contribution in [0.15, 0.2) is 54.6 Å². The zero-order valence-electron chi connectivity index (χ0n) is 21.5. The molecule has 2 aliphatic rings. The van der Waals surface area contributed by atoms with Gasteiger partial charge < -0.3 is 19.1 Å². The Morgan fingerprint density at radius 2 is 1.85 bits per heavy atom. The minimum absolute atomic E-state index is 0.0206. The lowest BCUT2D eigenvalue weighted by molar-refractivity contribution is -0.0593. The van der Waals surface area contributed by atoms with Gasteiger partial charge in [0.25, 0.3) is 0 Å². The van der Waals surface area contributed by atoms with E-state index in [4.69, 9.17) is 31.0 Å². The first-order chi connectivity index (χ1) is 19.0. The maximum Gasteiger partial charge on any atom is 0.354 e. The highest BCUT2D eigenvalue weighted by Crippen LogP contribution is 2.24. The van der Waals surface area contributed by atoms with Crippen molar-refractivity contribution in [2.75, 3.05) is 19.7 Å². The molecule has 2 saturated heterocycles. The minimum Gasteiger partial charge on any atom is -0.477 e. The van der Waals surface area contributed by atoms with Crippen LogP contribution in [0.1, 0.15) is 46.8 Å². The maximum absolute atomic E-state index is 11.5. The number of halogens is 1. The number of fused-ring (bicyclic) bond motifs is 1. The number of carboxylic acid groups (broad SMARTS) is 1. The first-order valence-electron chi connectivity index (χ1n) is 13.3. The predicted molar refractivity (Wildman–Crippen MR) is 146 cm³/mol. The summed E-state index contributed by atoms with van der Waals surface area (Å²) in [6.07, 6.45) is 3.59. The number of aromatic carboxylic acids is 1. The molecule has 1 aromatic carbocycles. The van der Waals surface area contributed by atoms with Gasteiger partial charge in [0.15, 0.2) is 11.3 Å². The molecule has 39 heavy (non-hydrogen) atoms. The topological polar surface area (TPSA) is 103 Å². The molecule has 0 spiro atoms. The molecular formula is C29H30ClN5O4. The van der Waals surface area contributed by atoms with Crippen LogP contribution in [0.3, 0.4) is 0 Å². The number of nitrogens with zero attached hydrogens (tertiary/aromatic N) is 5. The molecule has 0 bridgehead atoms. The number of aromatic nitrogens is 4. The molecule has 0 amide bonds. The van der Waals surface area contributed by atoms with Crippen LogP contribution in [0.4, 0.5) is 0 Å². The maximum atomic E-state index is 11.5. The summed E-state index contributed by atoms with van der Waals surface area (Å²) in [5.74, 6) is 0.474. The molecule has 6 rings (SSSR count). The molecule has 9 nitrogen and oxygen atoms in total. The largest absolute Gasteiger partial charge is 0.477 e. The molecule has 3 aromatic heterocycles. The van der Waals surface area contributed by atoms with Gasteiger partial charge in [-0.1, -0.05) is 35.9 Å². The first kappa shape index (κ1) is 25.7. The number of likely N-dealkylation sites (tertiary alicyclic amines) is 1. The Bertz CT molecular complexity index is 1480. The molecule has 1 atom stereocenters. The standard InChI is InChI=1S/C29H30ClN5O4/c30-23-6-2-1-4-19(23)16-20-5-3-7-27(31-20)39-21-10-13-34(14-11-21)18-26-32-24-8-9-25(29(36)37)33-28(24)35(26)17-22-12-15-38-22/h1-9,21-22H,10-18H2,(H,36,37)/t22-/m0/s1. The third-order valence-corrected chi connectivity index (χ3v) is 7.74. The summed E-state index contributed by atoms with van der Waals surface area (Å²) in [7, 11) is 0. The number of piperidine rings is 1. The number of carboxylic acids is 1. The molecular weight excluding hydrogens is 518 g/mol. The summed E-state index contributed by atoms with van der Waals surface area (Å²) in [4.78, 5) is 27.8. The highest BCUT2D eigenvalue weighted by molar-refractivity contribution is 6.31. The average molecular weight is 548 g/mol. The van der Waals surface area contributed by atoms with E-state index in [1.54, 1.807) is 6.07 Å². The van der Waals surface area contributed by atoms with E-state index in [-0.39, 0.29) is 17.9 Å². The SMILES string of the molecule is O=C(O)c1ccc2nc(CN3CCC(Oc4cccc(Cc5ccccc5Cl)n4)CC3)n(C[C@@H]3CCO3)c2n1. The minimum atomic E-state index is -1.04. The first-order valence-corrected chi connectivity index (χ1v) is 13.7. The molecule has 202 valence electrons. The fourth-order valence-corrected chi connectivity index (χ4v) is 5.33. The number of benzene rings is 1. The van der Waals surface area contributed by atoms with E-state index in [2.05, 4.69) is 9.88 Å². The Balaban J connectivity index is 1.10. The van der Waals surface area contributed by atoms with Gasteiger partial charge in [0.2, 0.25) is 5.88 Å². The molecule has 4 aromatic rings. The Hall–Kier alpha value is -3.53. The zero-order valence-corrected chi connectivity index (χ0v) is 22.3. The molecule has 1 N–H and O–H groups in total. The van der Waals surface area contributed by atoms with Gasteiger partial charge in [-0.15, -0.1) is 0 Å². The van der Waals surface area contributed by atoms with Crippen LogP contribution in [0.2, 0.25) is 5.02 Å². The van der Waals surface area contributed by atoms with Gasteiger partial charge in [-0.3, -0.25) is 4.90 Å². The second-order valence-corrected chi connectivity index (χ2v) is 10.5. The van der Waals surface area contributed by atoms with Gasteiger partial charge in [-0.2, -0.15) is 0 Å². The van der Waals surface area contributed by atoms with Crippen LogP contribution >= 0.6 is 11.6 Å². The number of ether oxygens (including phenoxy) is 2. The number of hydrogen-bond acceptors (Lipinski definition) is 7. The van der Waals surface area contributed by atoms with Crippen molar-refractivity contribution in [2.24, 2.45) is 0 Å². The Morgan fingerprint density at radius 3 is 2.59 bits per heavy atom. The van der Waals surface area contributed by atoms with Crippen molar-refractivity contribution in [1.82, 2.24) is 24.4 Å². The molecule has 2 aliphatic heterocycles. The Morgan fingerprint density at radius 1 is 1.03 bits per heavy atom. The van der Waals surface area contributed by atoms with Crippen molar-refractivity contribution in [3.05, 3.63) is 82.4 Å². The number of imidazole rings is 1. The van der Waals surface area contributed by atoms with Crippen LogP contribution in [0.25, 0.3) is 11.2 Å². The lowest BCUT2D eigenvalue weighted by atomic mass is 10.1. The third kappa shape index (κ3) is 5.90. The number of hydrogen-bond donors (Lipinski definition) is 1. The Labute approximate surface area is 231 Å². The zero-order chi connectivity index (χ0) is 26.8. The van der Waals surface area contributed by atoms with Crippen LogP contribution < -0.4 is 4.74 Å². The van der Waals surface area contributed by atoms with Gasteiger partial charge in [-0.05, 0) is 49.1 Å². The smallest absolute Gasteiger partial charge is 0.354 e. The number of pyridine rings is 2. The number of carbonyl (C=O) groups is 1. The fourth-order valence-electron chi connectivity index (χ4n) is 5.13. The fraction of sp³-hybridized carbons (Fsp3) is 0.379. The van der Waals surface area contributed by atoms with Crippen LogP contribution in [-0.2, 0) is 24.2 Å². The van der Waals surface area contributed by atoms with Gasteiger partial charge >= 0.3 is 5.97 Å². The molecule has 0 radical (unpaired) electrons. The summed E-state index contributed by atoms with van der Waals surface area (Å²) in [6.45, 7) is 3.76. The van der Waals surface area contributed by atoms with Gasteiger partial charge in [0.05, 0.1) is 19.2 Å². The van der Waals surface area contributed by atoms with Gasteiger partial charge in [0, 0.05) is 42.9 Å². The molecule has 0 saturated carbocycles. The van der Waals surface area contributed by atoms with E-state index >= 15 is 0 Å². The monoisotopic (exact) mass is 547 g/mol. The predicted octanol–water partition coefficient (Wildman–Crippen LogP) is 4.60. The van der Waals surface area contributed by atoms with E-state index in [1.165, 1.54) is 6.07 Å². The Kier molecular flexibility index (Phi) is 7.45. The summed E-state index contributed by atoms with van der Waals surface area (Å²) in [6, 6.07) is 16.9. The van der Waals surface area contributed by atoms with E-state index in [0.717, 1.165) is 61.1 Å². The van der Waals surface area contributed by atoms with E-state index < -0.39 is 5.97 Å². The average Bonchev–Trinajstić information content (AvgIpc) is 3.25. The molecule has 10 heteroatoms. The highest BCUT2D eigenvalue weighted by Gasteiger charge is 2.26. The number of rotatable bonds is 9. The van der Waals surface area contributed by atoms with Gasteiger partial charge in [0.1, 0.15) is 17.4 Å². The van der Waals surface area contributed by atoms with Crippen molar-refractivity contribution >= 4 is 28.7 Å². The summed E-state index contributed by atoms with van der Waals surface area (Å²) in [5, 5.41) is 10.2. The highest BCUT2D eigenvalue weighted by atomic mass is 35.5. The van der Waals surface area contributed by atoms with Gasteiger partial charge in [-0.25, -0.2) is 19.7 Å². The molecule has 0 aliphatic carbocycles. The summed E-state index contributed by atoms with van der Waals surface area (Å²) >= 11 is 6.33. The van der Waals surface area contributed by atoms with Crippen LogP contribution in [0.5, 0.6) is 5.88 Å². The second-order valence-electron chi connectivity index (χ2n) is 10.1. The molecule has 5 heterocycles. The lowest BCUT2D eigenvalue weighted by Gasteiger charge is -2.32. The normalized spacial score (nSPS) is 18.2. The quantitative estimate of drug-likeness (QED) is 0.324. The molecule has 0 unspecified atom stereocenters. The van der Waals surface area contributed by atoms with Crippen LogP contribution in [-0.4, -0.2) is 67.4 Å². The van der Waals surface area contributed by atoms with E-state index in [1.807, 2.05) is 47.0 Å². The lowest BCUT2D eigenvalue weighted by Crippen LogP contribution is -2.39. The summed E-state index contributed by atoms with van der Waals surface area (Å²) in [5.41, 5.74) is 3.29. The van der Waals surface area contributed by atoms with E-state index in [9.17, 15) is 9.90 Å². The van der Waals surface area contributed by atoms with Crippen LogP contribution in [0, 0.1) is 0 Å². The third-order valence-electron chi connectivity index (χ3n) is 7.37. The summed E-state index contributed by atoms with van der Waals surface area (Å²) < 4.78 is 14.0. The van der Waals surface area contributed by atoms with E-state index in [0.29, 0.717) is 36.6 Å². The van der Waals surface area contributed by atoms with Crippen molar-refractivity contribution in [3.63, 3.8) is 0 Å². The second kappa shape index (κ2) is 11.3. The van der Waals surface area contributed by atoms with Crippen molar-refractivity contribution < 1.29 is 19.4 Å².